The average Bonchev–Trinajstić information content (AvgIpc) is 2.86. The predicted octanol–water partition coefficient (Wildman–Crippen LogP) is 1.12. The second-order valence-corrected chi connectivity index (χ2v) is 5.16. The van der Waals surface area contributed by atoms with E-state index in [0.29, 0.717) is 23.8 Å². The third-order valence-electron chi connectivity index (χ3n) is 3.63. The van der Waals surface area contributed by atoms with Gasteiger partial charge in [0, 0.05) is 24.7 Å². The number of likely N-dealkylation sites (N-methyl/N-ethyl adjacent to an activating group) is 1. The molecule has 1 atom stereocenters. The van der Waals surface area contributed by atoms with Crippen molar-refractivity contribution in [3.8, 4) is 0 Å². The molecule has 1 aliphatic heterocycles. The normalized spacial score (nSPS) is 19.0. The van der Waals surface area contributed by atoms with Crippen LogP contribution in [0.3, 0.4) is 0 Å². The van der Waals surface area contributed by atoms with Crippen molar-refractivity contribution in [2.45, 2.75) is 19.4 Å². The molecule has 2 N–H and O–H groups in total. The molecule has 20 heavy (non-hydrogen) atoms. The van der Waals surface area contributed by atoms with Crippen LogP contribution in [0.15, 0.2) is 24.3 Å². The molecule has 0 aromatic heterocycles. The first-order chi connectivity index (χ1) is 9.60. The number of carbonyl (C=O) groups excluding carboxylic acids is 2. The Bertz CT molecular complexity index is 502. The number of amides is 1. The largest absolute Gasteiger partial charge is 0.324 e. The molecule has 0 bridgehead atoms. The summed E-state index contributed by atoms with van der Waals surface area (Å²) in [5.74, 6) is -0.118. The topological polar surface area (TPSA) is 61.4 Å². The van der Waals surface area contributed by atoms with Crippen LogP contribution in [-0.4, -0.2) is 49.3 Å². The SMILES string of the molecule is CNC1CCN(CC(=O)Nc2ccccc2C(C)=O)C1. The third-order valence-corrected chi connectivity index (χ3v) is 3.63. The predicted molar refractivity (Wildman–Crippen MR) is 79.0 cm³/mol. The van der Waals surface area contributed by atoms with Gasteiger partial charge in [-0.15, -0.1) is 0 Å². The third kappa shape index (κ3) is 3.65. The van der Waals surface area contributed by atoms with Gasteiger partial charge in [-0.2, -0.15) is 0 Å². The molecule has 5 nitrogen and oxygen atoms in total. The summed E-state index contributed by atoms with van der Waals surface area (Å²) in [5.41, 5.74) is 1.14. The molecule has 0 radical (unpaired) electrons. The number of ketones is 1. The Kier molecular flexibility index (Phi) is 4.87. The van der Waals surface area contributed by atoms with E-state index in [9.17, 15) is 9.59 Å². The lowest BCUT2D eigenvalue weighted by atomic mass is 10.1. The zero-order valence-electron chi connectivity index (χ0n) is 12.0. The van der Waals surface area contributed by atoms with Crippen molar-refractivity contribution in [2.75, 3.05) is 32.0 Å². The molecular weight excluding hydrogens is 254 g/mol. The first-order valence-corrected chi connectivity index (χ1v) is 6.89. The van der Waals surface area contributed by atoms with Gasteiger partial charge in [-0.3, -0.25) is 14.5 Å². The zero-order chi connectivity index (χ0) is 14.5. The van der Waals surface area contributed by atoms with E-state index < -0.39 is 0 Å². The van der Waals surface area contributed by atoms with E-state index in [1.165, 1.54) is 6.92 Å². The minimum Gasteiger partial charge on any atom is -0.324 e. The molecule has 1 fully saturated rings. The van der Waals surface area contributed by atoms with Gasteiger partial charge in [0.25, 0.3) is 0 Å². The summed E-state index contributed by atoms with van der Waals surface area (Å²) in [6.45, 7) is 3.68. The molecule has 1 aliphatic rings. The highest BCUT2D eigenvalue weighted by molar-refractivity contribution is 6.04. The Morgan fingerprint density at radius 3 is 2.75 bits per heavy atom. The molecule has 2 rings (SSSR count). The van der Waals surface area contributed by atoms with E-state index in [1.54, 1.807) is 18.2 Å². The average molecular weight is 275 g/mol. The van der Waals surface area contributed by atoms with E-state index >= 15 is 0 Å². The van der Waals surface area contributed by atoms with Gasteiger partial charge in [0.1, 0.15) is 0 Å². The minimum atomic E-state index is -0.0737. The van der Waals surface area contributed by atoms with Crippen molar-refractivity contribution in [3.05, 3.63) is 29.8 Å². The molecule has 108 valence electrons. The number of para-hydroxylation sites is 1. The number of Topliss-reactive ketones (excluding diaryl/α,β-unsaturated/α-hetero) is 1. The van der Waals surface area contributed by atoms with E-state index in [-0.39, 0.29) is 11.7 Å². The van der Waals surface area contributed by atoms with Gasteiger partial charge in [-0.1, -0.05) is 12.1 Å². The van der Waals surface area contributed by atoms with Gasteiger partial charge in [-0.05, 0) is 32.5 Å². The van der Waals surface area contributed by atoms with E-state index in [4.69, 9.17) is 0 Å². The van der Waals surface area contributed by atoms with Crippen LogP contribution in [0.1, 0.15) is 23.7 Å². The van der Waals surface area contributed by atoms with Crippen LogP contribution in [0.4, 0.5) is 5.69 Å². The monoisotopic (exact) mass is 275 g/mol. The van der Waals surface area contributed by atoms with Gasteiger partial charge < -0.3 is 10.6 Å². The van der Waals surface area contributed by atoms with Crippen molar-refractivity contribution in [2.24, 2.45) is 0 Å². The van der Waals surface area contributed by atoms with Gasteiger partial charge in [0.05, 0.1) is 12.2 Å². The van der Waals surface area contributed by atoms with Crippen LogP contribution in [0, 0.1) is 0 Å². The summed E-state index contributed by atoms with van der Waals surface area (Å²) in [7, 11) is 1.94. The van der Waals surface area contributed by atoms with Gasteiger partial charge in [0.2, 0.25) is 5.91 Å². The second kappa shape index (κ2) is 6.63. The first kappa shape index (κ1) is 14.7. The second-order valence-electron chi connectivity index (χ2n) is 5.16. The molecule has 1 saturated heterocycles. The lowest BCUT2D eigenvalue weighted by molar-refractivity contribution is -0.117. The van der Waals surface area contributed by atoms with Crippen LogP contribution in [-0.2, 0) is 4.79 Å². The summed E-state index contributed by atoms with van der Waals surface area (Å²) in [6, 6.07) is 7.56. The number of nitrogens with zero attached hydrogens (tertiary/aromatic N) is 1. The van der Waals surface area contributed by atoms with Crippen LogP contribution in [0.25, 0.3) is 0 Å². The molecule has 0 saturated carbocycles. The maximum Gasteiger partial charge on any atom is 0.238 e. The smallest absolute Gasteiger partial charge is 0.238 e. The molecule has 1 aromatic carbocycles. The summed E-state index contributed by atoms with van der Waals surface area (Å²) in [6.07, 6.45) is 1.06. The molecule has 5 heteroatoms. The van der Waals surface area contributed by atoms with E-state index in [1.807, 2.05) is 13.1 Å². The molecule has 1 unspecified atom stereocenters. The van der Waals surface area contributed by atoms with Crippen LogP contribution in [0.5, 0.6) is 0 Å². The summed E-state index contributed by atoms with van der Waals surface area (Å²) in [5, 5.41) is 6.05. The number of nitrogens with one attached hydrogen (secondary N) is 2. The van der Waals surface area contributed by atoms with Gasteiger partial charge >= 0.3 is 0 Å². The first-order valence-electron chi connectivity index (χ1n) is 6.89. The van der Waals surface area contributed by atoms with E-state index in [0.717, 1.165) is 19.5 Å². The lowest BCUT2D eigenvalue weighted by Crippen LogP contribution is -2.34. The zero-order valence-corrected chi connectivity index (χ0v) is 12.0. The van der Waals surface area contributed by atoms with Crippen molar-refractivity contribution in [1.82, 2.24) is 10.2 Å². The Morgan fingerprint density at radius 2 is 2.10 bits per heavy atom. The van der Waals surface area contributed by atoms with Crippen molar-refractivity contribution in [1.29, 1.82) is 0 Å². The number of benzene rings is 1. The fourth-order valence-electron chi connectivity index (χ4n) is 2.50. The van der Waals surface area contributed by atoms with Gasteiger partial charge in [-0.25, -0.2) is 0 Å². The highest BCUT2D eigenvalue weighted by atomic mass is 16.2. The highest BCUT2D eigenvalue weighted by Gasteiger charge is 2.22. The van der Waals surface area contributed by atoms with Crippen LogP contribution >= 0.6 is 0 Å². The Hall–Kier alpha value is -1.72. The molecule has 1 amide bonds. The molecular formula is C15H21N3O2. The van der Waals surface area contributed by atoms with Crippen molar-refractivity contribution >= 4 is 17.4 Å². The Labute approximate surface area is 119 Å². The number of likely N-dealkylation sites (tertiary alicyclic amines) is 1. The number of rotatable bonds is 5. The fourth-order valence-corrected chi connectivity index (χ4v) is 2.50. The fraction of sp³-hybridized carbons (Fsp3) is 0.467. The van der Waals surface area contributed by atoms with Crippen molar-refractivity contribution in [3.63, 3.8) is 0 Å². The molecule has 1 heterocycles. The highest BCUT2D eigenvalue weighted by Crippen LogP contribution is 2.16. The maximum atomic E-state index is 12.1. The summed E-state index contributed by atoms with van der Waals surface area (Å²) >= 11 is 0. The standard InChI is InChI=1S/C15H21N3O2/c1-11(19)13-5-3-4-6-14(13)17-15(20)10-18-8-7-12(9-18)16-2/h3-6,12,16H,7-10H2,1-2H3,(H,17,20). The number of hydrogen-bond donors (Lipinski definition) is 2. The lowest BCUT2D eigenvalue weighted by Gasteiger charge is -2.16. The van der Waals surface area contributed by atoms with Crippen molar-refractivity contribution < 1.29 is 9.59 Å². The molecule has 0 spiro atoms. The quantitative estimate of drug-likeness (QED) is 0.791. The van der Waals surface area contributed by atoms with Crippen LogP contribution < -0.4 is 10.6 Å². The molecule has 0 aliphatic carbocycles. The number of hydrogen-bond acceptors (Lipinski definition) is 4. The number of carbonyl (C=O) groups is 2. The summed E-state index contributed by atoms with van der Waals surface area (Å²) in [4.78, 5) is 25.7. The Balaban J connectivity index is 1.94. The van der Waals surface area contributed by atoms with Crippen LogP contribution in [0.2, 0.25) is 0 Å². The number of anilines is 1. The van der Waals surface area contributed by atoms with E-state index in [2.05, 4.69) is 15.5 Å². The van der Waals surface area contributed by atoms with Gasteiger partial charge in [0.15, 0.2) is 5.78 Å². The summed E-state index contributed by atoms with van der Waals surface area (Å²) < 4.78 is 0. The Morgan fingerprint density at radius 1 is 1.35 bits per heavy atom. The molecule has 1 aromatic rings. The maximum absolute atomic E-state index is 12.1. The minimum absolute atomic E-state index is 0.0441.